The molecule has 2 rings (SSSR count). The zero-order chi connectivity index (χ0) is 15.6. The molecule has 21 heavy (non-hydrogen) atoms. The van der Waals surface area contributed by atoms with Gasteiger partial charge in [0.2, 0.25) is 0 Å². The number of carbonyl (C=O) groups excluding carboxylic acids is 1. The molecule has 1 aromatic carbocycles. The van der Waals surface area contributed by atoms with E-state index in [9.17, 15) is 14.9 Å². The highest BCUT2D eigenvalue weighted by atomic mass is 79.9. The van der Waals surface area contributed by atoms with E-state index < -0.39 is 10.8 Å². The summed E-state index contributed by atoms with van der Waals surface area (Å²) in [7, 11) is 0. The van der Waals surface area contributed by atoms with E-state index in [1.807, 2.05) is 19.1 Å². The third kappa shape index (κ3) is 3.56. The SMILES string of the molecule is Cc1ccc(NC(=O)c2cc([N+](=O)[O-])cnc2Cl)c(Br)c1. The predicted octanol–water partition coefficient (Wildman–Crippen LogP) is 3.97. The summed E-state index contributed by atoms with van der Waals surface area (Å²) in [6.07, 6.45) is 1.00. The van der Waals surface area contributed by atoms with Gasteiger partial charge in [-0.3, -0.25) is 14.9 Å². The first-order valence-corrected chi connectivity index (χ1v) is 6.93. The Kier molecular flexibility index (Phi) is 4.54. The van der Waals surface area contributed by atoms with Crippen molar-refractivity contribution in [3.05, 3.63) is 61.3 Å². The molecule has 0 bridgehead atoms. The Morgan fingerprint density at radius 2 is 2.14 bits per heavy atom. The normalized spacial score (nSPS) is 10.2. The number of nitrogens with zero attached hydrogens (tertiary/aromatic N) is 2. The summed E-state index contributed by atoms with van der Waals surface area (Å²) < 4.78 is 0.699. The number of halogens is 2. The molecule has 0 atom stereocenters. The van der Waals surface area contributed by atoms with E-state index >= 15 is 0 Å². The van der Waals surface area contributed by atoms with E-state index in [0.29, 0.717) is 10.2 Å². The van der Waals surface area contributed by atoms with Gasteiger partial charge in [-0.05, 0) is 40.5 Å². The Labute approximate surface area is 133 Å². The molecule has 0 aliphatic carbocycles. The molecule has 0 spiro atoms. The van der Waals surface area contributed by atoms with Crippen LogP contribution >= 0.6 is 27.5 Å². The summed E-state index contributed by atoms with van der Waals surface area (Å²) >= 11 is 9.15. The second-order valence-electron chi connectivity index (χ2n) is 4.23. The summed E-state index contributed by atoms with van der Waals surface area (Å²) in [5.41, 5.74) is 1.20. The number of nitrogens with one attached hydrogen (secondary N) is 1. The summed E-state index contributed by atoms with van der Waals surface area (Å²) in [4.78, 5) is 25.9. The summed E-state index contributed by atoms with van der Waals surface area (Å²) in [5, 5.41) is 13.3. The van der Waals surface area contributed by atoms with Crippen molar-refractivity contribution in [1.29, 1.82) is 0 Å². The molecule has 1 heterocycles. The molecule has 0 unspecified atom stereocenters. The van der Waals surface area contributed by atoms with Crippen molar-refractivity contribution in [2.24, 2.45) is 0 Å². The molecular weight excluding hydrogens is 362 g/mol. The van der Waals surface area contributed by atoms with Gasteiger partial charge in [-0.15, -0.1) is 0 Å². The third-order valence-corrected chi connectivity index (χ3v) is 3.61. The quantitative estimate of drug-likeness (QED) is 0.503. The molecule has 1 amide bonds. The fraction of sp³-hybridized carbons (Fsp3) is 0.0769. The predicted molar refractivity (Wildman–Crippen MR) is 82.7 cm³/mol. The van der Waals surface area contributed by atoms with Crippen LogP contribution in [0.15, 0.2) is 34.9 Å². The van der Waals surface area contributed by atoms with Gasteiger partial charge in [0.15, 0.2) is 0 Å². The topological polar surface area (TPSA) is 85.1 Å². The summed E-state index contributed by atoms with van der Waals surface area (Å²) in [5.74, 6) is -0.569. The number of amides is 1. The Morgan fingerprint density at radius 3 is 2.76 bits per heavy atom. The summed E-state index contributed by atoms with van der Waals surface area (Å²) in [6, 6.07) is 6.47. The number of aromatic nitrogens is 1. The zero-order valence-electron chi connectivity index (χ0n) is 10.8. The van der Waals surface area contributed by atoms with Crippen molar-refractivity contribution in [3.8, 4) is 0 Å². The van der Waals surface area contributed by atoms with Gasteiger partial charge in [0, 0.05) is 10.5 Å². The lowest BCUT2D eigenvalue weighted by Gasteiger charge is -2.08. The van der Waals surface area contributed by atoms with Gasteiger partial charge >= 0.3 is 0 Å². The van der Waals surface area contributed by atoms with E-state index in [4.69, 9.17) is 11.6 Å². The molecular formula is C13H9BrClN3O3. The minimum atomic E-state index is -0.637. The zero-order valence-corrected chi connectivity index (χ0v) is 13.1. The lowest BCUT2D eigenvalue weighted by molar-refractivity contribution is -0.385. The van der Waals surface area contributed by atoms with E-state index in [-0.39, 0.29) is 16.4 Å². The van der Waals surface area contributed by atoms with Crippen LogP contribution in [0.25, 0.3) is 0 Å². The van der Waals surface area contributed by atoms with Crippen molar-refractivity contribution >= 4 is 44.8 Å². The molecule has 1 N–H and O–H groups in total. The number of anilines is 1. The van der Waals surface area contributed by atoms with Gasteiger partial charge in [-0.2, -0.15) is 0 Å². The van der Waals surface area contributed by atoms with Crippen LogP contribution in [0.5, 0.6) is 0 Å². The van der Waals surface area contributed by atoms with Gasteiger partial charge in [0.05, 0.1) is 16.2 Å². The van der Waals surface area contributed by atoms with Gasteiger partial charge in [-0.25, -0.2) is 4.98 Å². The number of aryl methyl sites for hydroxylation is 1. The van der Waals surface area contributed by atoms with Crippen LogP contribution in [0.4, 0.5) is 11.4 Å². The molecule has 0 radical (unpaired) electrons. The number of rotatable bonds is 3. The van der Waals surface area contributed by atoms with Gasteiger partial charge < -0.3 is 5.32 Å². The maximum atomic E-state index is 12.2. The van der Waals surface area contributed by atoms with E-state index in [0.717, 1.165) is 17.8 Å². The summed E-state index contributed by atoms with van der Waals surface area (Å²) in [6.45, 7) is 1.91. The molecule has 0 aliphatic heterocycles. The average molecular weight is 371 g/mol. The fourth-order valence-electron chi connectivity index (χ4n) is 1.61. The molecule has 0 saturated heterocycles. The molecule has 2 aromatic rings. The lowest BCUT2D eigenvalue weighted by atomic mass is 10.2. The number of hydrogen-bond acceptors (Lipinski definition) is 4. The molecule has 1 aromatic heterocycles. The molecule has 0 aliphatic rings. The van der Waals surface area contributed by atoms with Crippen LogP contribution in [0.2, 0.25) is 5.15 Å². The standard InChI is InChI=1S/C13H9BrClN3O3/c1-7-2-3-11(10(14)4-7)17-13(19)9-5-8(18(20)21)6-16-12(9)15/h2-6H,1H3,(H,17,19). The first kappa shape index (κ1) is 15.4. The Morgan fingerprint density at radius 1 is 1.43 bits per heavy atom. The van der Waals surface area contributed by atoms with Crippen LogP contribution < -0.4 is 5.32 Å². The fourth-order valence-corrected chi connectivity index (χ4v) is 2.39. The number of benzene rings is 1. The smallest absolute Gasteiger partial charge is 0.288 e. The minimum absolute atomic E-state index is 0.0571. The Balaban J connectivity index is 2.32. The van der Waals surface area contributed by atoms with Crippen LogP contribution in [0.3, 0.4) is 0 Å². The van der Waals surface area contributed by atoms with Crippen LogP contribution in [-0.4, -0.2) is 15.8 Å². The minimum Gasteiger partial charge on any atom is -0.321 e. The monoisotopic (exact) mass is 369 g/mol. The van der Waals surface area contributed by atoms with E-state index in [2.05, 4.69) is 26.2 Å². The van der Waals surface area contributed by atoms with Crippen molar-refractivity contribution in [1.82, 2.24) is 4.98 Å². The van der Waals surface area contributed by atoms with E-state index in [1.165, 1.54) is 0 Å². The molecule has 108 valence electrons. The van der Waals surface area contributed by atoms with Gasteiger partial charge in [-0.1, -0.05) is 17.7 Å². The number of hydrogen-bond donors (Lipinski definition) is 1. The van der Waals surface area contributed by atoms with Crippen LogP contribution in [-0.2, 0) is 0 Å². The Hall–Kier alpha value is -1.99. The second-order valence-corrected chi connectivity index (χ2v) is 5.44. The molecule has 8 heteroatoms. The van der Waals surface area contributed by atoms with Crippen molar-refractivity contribution in [2.45, 2.75) is 6.92 Å². The van der Waals surface area contributed by atoms with E-state index in [1.54, 1.807) is 6.07 Å². The number of nitro groups is 1. The maximum Gasteiger partial charge on any atom is 0.288 e. The van der Waals surface area contributed by atoms with Crippen molar-refractivity contribution in [3.63, 3.8) is 0 Å². The van der Waals surface area contributed by atoms with Crippen molar-refractivity contribution < 1.29 is 9.72 Å². The van der Waals surface area contributed by atoms with Crippen LogP contribution in [0, 0.1) is 17.0 Å². The first-order valence-electron chi connectivity index (χ1n) is 5.76. The highest BCUT2D eigenvalue weighted by Crippen LogP contribution is 2.25. The third-order valence-electron chi connectivity index (χ3n) is 2.65. The highest BCUT2D eigenvalue weighted by molar-refractivity contribution is 9.10. The first-order chi connectivity index (χ1) is 9.88. The van der Waals surface area contributed by atoms with Crippen LogP contribution in [0.1, 0.15) is 15.9 Å². The molecule has 6 nitrogen and oxygen atoms in total. The maximum absolute atomic E-state index is 12.2. The molecule has 0 saturated carbocycles. The largest absolute Gasteiger partial charge is 0.321 e. The highest BCUT2D eigenvalue weighted by Gasteiger charge is 2.18. The number of carbonyl (C=O) groups is 1. The van der Waals surface area contributed by atoms with Gasteiger partial charge in [0.1, 0.15) is 11.3 Å². The average Bonchev–Trinajstić information content (AvgIpc) is 2.42. The number of pyridine rings is 1. The van der Waals surface area contributed by atoms with Crippen molar-refractivity contribution in [2.75, 3.05) is 5.32 Å². The molecule has 0 fully saturated rings. The Bertz CT molecular complexity index is 737. The second kappa shape index (κ2) is 6.19. The van der Waals surface area contributed by atoms with Gasteiger partial charge in [0.25, 0.3) is 11.6 Å². The lowest BCUT2D eigenvalue weighted by Crippen LogP contribution is -2.14.